The van der Waals surface area contributed by atoms with Gasteiger partial charge in [-0.25, -0.2) is 17.2 Å². The Morgan fingerprint density at radius 3 is 2.28 bits per heavy atom. The van der Waals surface area contributed by atoms with Crippen LogP contribution in [0.15, 0.2) is 17.0 Å². The molecule has 6 nitrogen and oxygen atoms in total. The van der Waals surface area contributed by atoms with Gasteiger partial charge in [0.05, 0.1) is 15.4 Å². The van der Waals surface area contributed by atoms with E-state index in [0.717, 1.165) is 6.07 Å². The second-order valence-electron chi connectivity index (χ2n) is 3.03. The Kier molecular flexibility index (Phi) is 3.97. The van der Waals surface area contributed by atoms with E-state index in [4.69, 9.17) is 10.7 Å². The normalized spacial score (nSPS) is 11.6. The zero-order valence-electron chi connectivity index (χ0n) is 8.34. The molecule has 0 fully saturated rings. The number of nitro benzene ring substituents is 1. The molecule has 0 heterocycles. The van der Waals surface area contributed by atoms with E-state index in [1.165, 1.54) is 0 Å². The fourth-order valence-electron chi connectivity index (χ4n) is 1.33. The molecule has 0 bridgehead atoms. The minimum atomic E-state index is -4.59. The topological polar surface area (TPSA) is 94.3 Å². The number of nitrogens with zero attached hydrogens (tertiary/aromatic N) is 1. The number of alkyl halides is 2. The van der Waals surface area contributed by atoms with Crippen molar-refractivity contribution < 1.29 is 26.9 Å². The molecule has 0 spiro atoms. The van der Waals surface area contributed by atoms with Crippen LogP contribution in [0.1, 0.15) is 22.3 Å². The van der Waals surface area contributed by atoms with Crippen LogP contribution in [0.2, 0.25) is 0 Å². The fourth-order valence-corrected chi connectivity index (χ4v) is 2.41. The van der Waals surface area contributed by atoms with Crippen LogP contribution in [0.4, 0.5) is 14.5 Å². The summed E-state index contributed by atoms with van der Waals surface area (Å²) in [7, 11) is 0.320. The lowest BCUT2D eigenvalue weighted by Gasteiger charge is -2.08. The van der Waals surface area contributed by atoms with E-state index in [0.29, 0.717) is 6.07 Å². The maximum absolute atomic E-state index is 12.8. The highest BCUT2D eigenvalue weighted by molar-refractivity contribution is 8.13. The highest BCUT2D eigenvalue weighted by atomic mass is 35.7. The third kappa shape index (κ3) is 2.62. The average Bonchev–Trinajstić information content (AvgIpc) is 2.25. The molecule has 0 unspecified atom stereocenters. The molecule has 0 saturated carbocycles. The van der Waals surface area contributed by atoms with E-state index >= 15 is 0 Å². The number of carbonyl (C=O) groups excluding carboxylic acids is 1. The van der Waals surface area contributed by atoms with Crippen molar-refractivity contribution >= 4 is 31.7 Å². The lowest BCUT2D eigenvalue weighted by molar-refractivity contribution is -0.386. The molecule has 0 radical (unpaired) electrons. The second kappa shape index (κ2) is 4.94. The zero-order chi connectivity index (χ0) is 14.1. The van der Waals surface area contributed by atoms with Gasteiger partial charge in [-0.1, -0.05) is 0 Å². The molecule has 0 amide bonds. The quantitative estimate of drug-likeness (QED) is 0.368. The number of nitro groups is 1. The first kappa shape index (κ1) is 14.5. The van der Waals surface area contributed by atoms with Crippen molar-refractivity contribution in [1.82, 2.24) is 0 Å². The Morgan fingerprint density at radius 2 is 1.94 bits per heavy atom. The van der Waals surface area contributed by atoms with E-state index in [1.54, 1.807) is 0 Å². The molecular formula is C8H4ClF2NO5S. The summed E-state index contributed by atoms with van der Waals surface area (Å²) in [6.45, 7) is 0. The van der Waals surface area contributed by atoms with Crippen LogP contribution < -0.4 is 0 Å². The number of carbonyl (C=O) groups is 1. The van der Waals surface area contributed by atoms with E-state index in [-0.39, 0.29) is 6.29 Å². The van der Waals surface area contributed by atoms with Gasteiger partial charge in [0.25, 0.3) is 21.2 Å². The van der Waals surface area contributed by atoms with Crippen molar-refractivity contribution in [3.8, 4) is 0 Å². The smallest absolute Gasteiger partial charge is 0.290 e. The van der Waals surface area contributed by atoms with Crippen molar-refractivity contribution in [2.45, 2.75) is 11.3 Å². The molecule has 1 aromatic carbocycles. The van der Waals surface area contributed by atoms with Crippen LogP contribution in [0, 0.1) is 10.1 Å². The Hall–Kier alpha value is -1.61. The van der Waals surface area contributed by atoms with E-state index in [1.807, 2.05) is 0 Å². The van der Waals surface area contributed by atoms with Gasteiger partial charge in [-0.15, -0.1) is 0 Å². The molecule has 10 heteroatoms. The maximum atomic E-state index is 12.8. The summed E-state index contributed by atoms with van der Waals surface area (Å²) in [5.41, 5.74) is -3.30. The van der Waals surface area contributed by atoms with E-state index < -0.39 is 42.1 Å². The molecule has 0 N–H and O–H groups in total. The van der Waals surface area contributed by atoms with Crippen LogP contribution in [0.25, 0.3) is 0 Å². The van der Waals surface area contributed by atoms with Gasteiger partial charge < -0.3 is 0 Å². The van der Waals surface area contributed by atoms with Crippen LogP contribution >= 0.6 is 10.7 Å². The zero-order valence-corrected chi connectivity index (χ0v) is 9.91. The average molecular weight is 300 g/mol. The van der Waals surface area contributed by atoms with Gasteiger partial charge >= 0.3 is 0 Å². The second-order valence-corrected chi connectivity index (χ2v) is 5.56. The van der Waals surface area contributed by atoms with Crippen molar-refractivity contribution in [2.75, 3.05) is 0 Å². The summed E-state index contributed by atoms with van der Waals surface area (Å²) in [5.74, 6) is 0. The highest BCUT2D eigenvalue weighted by Gasteiger charge is 2.33. The number of benzene rings is 1. The van der Waals surface area contributed by atoms with Gasteiger partial charge in [0.15, 0.2) is 6.29 Å². The monoisotopic (exact) mass is 299 g/mol. The standard InChI is InChI=1S/C8H4ClF2NO5S/c9-18(16,17)5-2-1-4(3-13)7(12(14)15)6(5)8(10)11/h1-3,8H. The predicted molar refractivity (Wildman–Crippen MR) is 56.5 cm³/mol. The van der Waals surface area contributed by atoms with Crippen molar-refractivity contribution in [3.63, 3.8) is 0 Å². The lowest BCUT2D eigenvalue weighted by atomic mass is 10.1. The molecule has 0 aliphatic heterocycles. The first-order valence-corrected chi connectivity index (χ1v) is 6.50. The minimum Gasteiger partial charge on any atom is -0.298 e. The minimum absolute atomic E-state index is 0.0192. The van der Waals surface area contributed by atoms with Gasteiger partial charge in [-0.3, -0.25) is 14.9 Å². The van der Waals surface area contributed by atoms with E-state index in [9.17, 15) is 32.1 Å². The number of hydrogen-bond acceptors (Lipinski definition) is 5. The van der Waals surface area contributed by atoms with Crippen LogP contribution in [0.5, 0.6) is 0 Å². The molecule has 1 aromatic rings. The third-order valence-electron chi connectivity index (χ3n) is 2.00. The predicted octanol–water partition coefficient (Wildman–Crippen LogP) is 2.27. The molecule has 18 heavy (non-hydrogen) atoms. The summed E-state index contributed by atoms with van der Waals surface area (Å²) in [4.78, 5) is 18.9. The summed E-state index contributed by atoms with van der Waals surface area (Å²) in [6.07, 6.45) is -3.48. The Morgan fingerprint density at radius 1 is 1.39 bits per heavy atom. The number of hydrogen-bond donors (Lipinski definition) is 0. The van der Waals surface area contributed by atoms with Gasteiger partial charge in [0.2, 0.25) is 0 Å². The lowest BCUT2D eigenvalue weighted by Crippen LogP contribution is -2.06. The van der Waals surface area contributed by atoms with Crippen molar-refractivity contribution in [1.29, 1.82) is 0 Å². The molecule has 0 aliphatic rings. The molecule has 0 saturated heterocycles. The highest BCUT2D eigenvalue weighted by Crippen LogP contribution is 2.37. The largest absolute Gasteiger partial charge is 0.298 e. The number of rotatable bonds is 4. The molecular weight excluding hydrogens is 296 g/mol. The van der Waals surface area contributed by atoms with Gasteiger partial charge in [0.1, 0.15) is 5.56 Å². The van der Waals surface area contributed by atoms with Crippen LogP contribution in [-0.2, 0) is 9.05 Å². The number of halogens is 3. The SMILES string of the molecule is O=Cc1ccc(S(=O)(=O)Cl)c(C(F)F)c1[N+](=O)[O-]. The van der Waals surface area contributed by atoms with Crippen molar-refractivity contribution in [2.24, 2.45) is 0 Å². The molecule has 98 valence electrons. The Labute approximate surface area is 104 Å². The number of aldehydes is 1. The van der Waals surface area contributed by atoms with Gasteiger partial charge in [-0.2, -0.15) is 0 Å². The molecule has 0 aliphatic carbocycles. The van der Waals surface area contributed by atoms with Crippen molar-refractivity contribution in [3.05, 3.63) is 33.4 Å². The van der Waals surface area contributed by atoms with Gasteiger partial charge in [-0.05, 0) is 12.1 Å². The van der Waals surface area contributed by atoms with Gasteiger partial charge in [0, 0.05) is 10.7 Å². The maximum Gasteiger partial charge on any atom is 0.290 e. The van der Waals surface area contributed by atoms with Crippen LogP contribution in [-0.4, -0.2) is 19.6 Å². The summed E-state index contributed by atoms with van der Waals surface area (Å²) < 4.78 is 47.6. The fraction of sp³-hybridized carbons (Fsp3) is 0.125. The Balaban J connectivity index is 3.85. The van der Waals surface area contributed by atoms with E-state index in [2.05, 4.69) is 0 Å². The summed E-state index contributed by atoms with van der Waals surface area (Å²) in [5, 5.41) is 10.7. The summed E-state index contributed by atoms with van der Waals surface area (Å²) in [6, 6.07) is 1.37. The van der Waals surface area contributed by atoms with Crippen LogP contribution in [0.3, 0.4) is 0 Å². The third-order valence-corrected chi connectivity index (χ3v) is 3.38. The first-order valence-electron chi connectivity index (χ1n) is 4.19. The Bertz CT molecular complexity index is 616. The molecule has 0 aromatic heterocycles. The molecule has 1 rings (SSSR count). The first-order chi connectivity index (χ1) is 8.20. The molecule has 0 atom stereocenters. The summed E-state index contributed by atoms with van der Waals surface area (Å²) >= 11 is 0.